The van der Waals surface area contributed by atoms with E-state index < -0.39 is 11.6 Å². The van der Waals surface area contributed by atoms with Crippen molar-refractivity contribution in [1.29, 1.82) is 0 Å². The molecule has 0 amide bonds. The van der Waals surface area contributed by atoms with Crippen LogP contribution < -0.4 is 21.3 Å². The molecule has 2 fully saturated rings. The molecule has 6 heteroatoms. The summed E-state index contributed by atoms with van der Waals surface area (Å²) < 4.78 is 29.7. The van der Waals surface area contributed by atoms with Crippen LogP contribution in [0.1, 0.15) is 43.7 Å². The number of benzene rings is 2. The molecule has 4 N–H and O–H groups in total. The highest BCUT2D eigenvalue weighted by molar-refractivity contribution is 5.65. The third kappa shape index (κ3) is 3.40. The molecule has 1 unspecified atom stereocenters. The van der Waals surface area contributed by atoms with E-state index in [4.69, 9.17) is 11.5 Å². The van der Waals surface area contributed by atoms with Gasteiger partial charge in [-0.25, -0.2) is 8.78 Å². The number of hydrogen-bond donors (Lipinski definition) is 2. The van der Waals surface area contributed by atoms with Gasteiger partial charge >= 0.3 is 0 Å². The second-order valence-corrected chi connectivity index (χ2v) is 7.55. The molecule has 1 atom stereocenters. The van der Waals surface area contributed by atoms with Crippen LogP contribution >= 0.6 is 0 Å². The Morgan fingerprint density at radius 1 is 0.815 bits per heavy atom. The average Bonchev–Trinajstić information content (AvgIpc) is 3.14. The van der Waals surface area contributed by atoms with E-state index in [2.05, 4.69) is 4.90 Å². The summed E-state index contributed by atoms with van der Waals surface area (Å²) in [6.45, 7) is 2.19. The summed E-state index contributed by atoms with van der Waals surface area (Å²) >= 11 is 0. The van der Waals surface area contributed by atoms with Crippen molar-refractivity contribution >= 4 is 22.7 Å². The third-order valence-electron chi connectivity index (χ3n) is 5.75. The fraction of sp³-hybridized carbons (Fsp3) is 0.429. The van der Waals surface area contributed by atoms with E-state index in [0.717, 1.165) is 44.2 Å². The Bertz CT molecular complexity index is 810. The topological polar surface area (TPSA) is 58.5 Å². The first-order valence-corrected chi connectivity index (χ1v) is 9.70. The zero-order chi connectivity index (χ0) is 19.0. The fourth-order valence-electron chi connectivity index (χ4n) is 4.36. The Morgan fingerprint density at radius 2 is 1.52 bits per heavy atom. The Morgan fingerprint density at radius 3 is 2.19 bits per heavy atom. The number of piperidine rings is 1. The van der Waals surface area contributed by atoms with E-state index in [1.165, 1.54) is 12.1 Å². The molecule has 0 radical (unpaired) electrons. The first kappa shape index (κ1) is 17.9. The lowest BCUT2D eigenvalue weighted by Crippen LogP contribution is -2.31. The molecule has 2 saturated heterocycles. The van der Waals surface area contributed by atoms with Gasteiger partial charge in [0.05, 0.1) is 17.4 Å². The molecule has 0 saturated carbocycles. The molecule has 4 nitrogen and oxygen atoms in total. The number of halogens is 2. The van der Waals surface area contributed by atoms with Gasteiger partial charge in [0.2, 0.25) is 0 Å². The summed E-state index contributed by atoms with van der Waals surface area (Å²) in [6.07, 6.45) is 4.96. The minimum Gasteiger partial charge on any atom is -0.397 e. The molecule has 2 aromatic rings. The second-order valence-electron chi connectivity index (χ2n) is 7.55. The smallest absolute Gasteiger partial charge is 0.151 e. The standard InChI is InChI=1S/C21H26F2N4/c22-16-12-15(13-17(23)21(16)26-8-2-1-3-9-26)27-10-4-5-20(27)14-6-7-18(24)19(25)11-14/h6-7,11-13,20H,1-5,8-10,24-25H2. The predicted molar refractivity (Wildman–Crippen MR) is 107 cm³/mol. The van der Waals surface area contributed by atoms with Crippen LogP contribution in [0.4, 0.5) is 31.5 Å². The zero-order valence-corrected chi connectivity index (χ0v) is 15.4. The minimum absolute atomic E-state index is 0.0486. The van der Waals surface area contributed by atoms with Crippen LogP contribution in [-0.4, -0.2) is 19.6 Å². The summed E-state index contributed by atoms with van der Waals surface area (Å²) in [5.41, 5.74) is 14.6. The lowest BCUT2D eigenvalue weighted by Gasteiger charge is -2.31. The molecule has 2 aromatic carbocycles. The highest BCUT2D eigenvalue weighted by Crippen LogP contribution is 2.39. The number of hydrogen-bond acceptors (Lipinski definition) is 4. The Kier molecular flexibility index (Phi) is 4.81. The van der Waals surface area contributed by atoms with E-state index in [1.807, 2.05) is 17.0 Å². The fourth-order valence-corrected chi connectivity index (χ4v) is 4.36. The van der Waals surface area contributed by atoms with Crippen molar-refractivity contribution in [2.24, 2.45) is 0 Å². The van der Waals surface area contributed by atoms with Gasteiger partial charge in [-0.1, -0.05) is 6.07 Å². The molecule has 4 rings (SSSR count). The molecule has 0 aliphatic carbocycles. The number of nitrogens with two attached hydrogens (primary N) is 2. The van der Waals surface area contributed by atoms with E-state index in [-0.39, 0.29) is 11.7 Å². The summed E-state index contributed by atoms with van der Waals surface area (Å²) in [7, 11) is 0. The quantitative estimate of drug-likeness (QED) is 0.781. The van der Waals surface area contributed by atoms with Gasteiger partial charge in [-0.2, -0.15) is 0 Å². The Balaban J connectivity index is 1.64. The van der Waals surface area contributed by atoms with Gasteiger partial charge in [-0.15, -0.1) is 0 Å². The van der Waals surface area contributed by atoms with Crippen LogP contribution in [-0.2, 0) is 0 Å². The van der Waals surface area contributed by atoms with Gasteiger partial charge in [-0.05, 0) is 61.9 Å². The molecule has 27 heavy (non-hydrogen) atoms. The molecule has 2 aliphatic heterocycles. The highest BCUT2D eigenvalue weighted by Gasteiger charge is 2.29. The van der Waals surface area contributed by atoms with E-state index in [0.29, 0.717) is 30.2 Å². The number of rotatable bonds is 3. The van der Waals surface area contributed by atoms with Crippen molar-refractivity contribution in [2.75, 3.05) is 40.9 Å². The van der Waals surface area contributed by atoms with Crippen LogP contribution in [0.5, 0.6) is 0 Å². The van der Waals surface area contributed by atoms with Crippen LogP contribution in [0.15, 0.2) is 30.3 Å². The van der Waals surface area contributed by atoms with Gasteiger partial charge in [0.15, 0.2) is 11.6 Å². The molecule has 144 valence electrons. The molecule has 0 aromatic heterocycles. The lowest BCUT2D eigenvalue weighted by molar-refractivity contribution is 0.530. The molecule has 2 aliphatic rings. The summed E-state index contributed by atoms with van der Waals surface area (Å²) in [5, 5.41) is 0. The SMILES string of the molecule is Nc1ccc(C2CCCN2c2cc(F)c(N3CCCCC3)c(F)c2)cc1N. The van der Waals surface area contributed by atoms with Gasteiger partial charge in [-0.3, -0.25) is 0 Å². The normalized spacial score (nSPS) is 20.3. The van der Waals surface area contributed by atoms with E-state index in [9.17, 15) is 8.78 Å². The van der Waals surface area contributed by atoms with Crippen LogP contribution in [0, 0.1) is 11.6 Å². The lowest BCUT2D eigenvalue weighted by atomic mass is 10.0. The first-order chi connectivity index (χ1) is 13.0. The molecule has 2 heterocycles. The van der Waals surface area contributed by atoms with Crippen LogP contribution in [0.25, 0.3) is 0 Å². The maximum Gasteiger partial charge on any atom is 0.151 e. The van der Waals surface area contributed by atoms with E-state index in [1.54, 1.807) is 6.07 Å². The highest BCUT2D eigenvalue weighted by atomic mass is 19.1. The second kappa shape index (κ2) is 7.25. The monoisotopic (exact) mass is 372 g/mol. The largest absolute Gasteiger partial charge is 0.397 e. The minimum atomic E-state index is -0.477. The average molecular weight is 372 g/mol. The van der Waals surface area contributed by atoms with Gasteiger partial charge in [0.25, 0.3) is 0 Å². The Hall–Kier alpha value is -2.50. The van der Waals surface area contributed by atoms with Crippen molar-refractivity contribution < 1.29 is 8.78 Å². The molecule has 0 spiro atoms. The van der Waals surface area contributed by atoms with Crippen molar-refractivity contribution in [3.05, 3.63) is 47.5 Å². The van der Waals surface area contributed by atoms with Crippen molar-refractivity contribution in [1.82, 2.24) is 0 Å². The van der Waals surface area contributed by atoms with Gasteiger partial charge < -0.3 is 21.3 Å². The zero-order valence-electron chi connectivity index (χ0n) is 15.4. The predicted octanol–water partition coefficient (Wildman–Crippen LogP) is 4.46. The van der Waals surface area contributed by atoms with Gasteiger partial charge in [0, 0.05) is 25.3 Å². The molecular formula is C21H26F2N4. The first-order valence-electron chi connectivity index (χ1n) is 9.70. The van der Waals surface area contributed by atoms with Crippen molar-refractivity contribution in [3.8, 4) is 0 Å². The third-order valence-corrected chi connectivity index (χ3v) is 5.75. The summed E-state index contributed by atoms with van der Waals surface area (Å²) in [5.74, 6) is -0.955. The van der Waals surface area contributed by atoms with Crippen molar-refractivity contribution in [2.45, 2.75) is 38.1 Å². The molecule has 0 bridgehead atoms. The van der Waals surface area contributed by atoms with Crippen LogP contribution in [0.2, 0.25) is 0 Å². The summed E-state index contributed by atoms with van der Waals surface area (Å²) in [6, 6.07) is 8.61. The number of nitrogen functional groups attached to an aromatic ring is 2. The Labute approximate surface area is 158 Å². The van der Waals surface area contributed by atoms with Gasteiger partial charge in [0.1, 0.15) is 5.69 Å². The summed E-state index contributed by atoms with van der Waals surface area (Å²) in [4.78, 5) is 3.90. The van der Waals surface area contributed by atoms with Crippen LogP contribution in [0.3, 0.4) is 0 Å². The maximum absolute atomic E-state index is 14.9. The molecular weight excluding hydrogens is 346 g/mol. The van der Waals surface area contributed by atoms with E-state index >= 15 is 0 Å². The number of anilines is 4. The number of nitrogens with zero attached hydrogens (tertiary/aromatic N) is 2. The van der Waals surface area contributed by atoms with Crippen molar-refractivity contribution in [3.63, 3.8) is 0 Å². The maximum atomic E-state index is 14.9.